The van der Waals surface area contributed by atoms with Gasteiger partial charge in [-0.05, 0) is 35.4 Å². The Morgan fingerprint density at radius 2 is 1.48 bits per heavy atom. The van der Waals surface area contributed by atoms with Gasteiger partial charge in [-0.15, -0.1) is 0 Å². The largest absolute Gasteiger partial charge is 0.478 e. The number of nitrogens with zero attached hydrogens (tertiary/aromatic N) is 1. The lowest BCUT2D eigenvalue weighted by atomic mass is 10.1. The van der Waals surface area contributed by atoms with E-state index < -0.39 is 16.8 Å². The molecule has 116 valence electrons. The Morgan fingerprint density at radius 3 is 1.96 bits per heavy atom. The number of anilines is 1. The Morgan fingerprint density at radius 1 is 0.957 bits per heavy atom. The van der Waals surface area contributed by atoms with Crippen molar-refractivity contribution < 1.29 is 19.6 Å². The molecule has 0 aliphatic carbocycles. The maximum absolute atomic E-state index is 11.4. The molecule has 0 radical (unpaired) electrons. The van der Waals surface area contributed by atoms with Gasteiger partial charge in [0.2, 0.25) is 5.91 Å². The quantitative estimate of drug-likeness (QED) is 0.501. The van der Waals surface area contributed by atoms with Crippen molar-refractivity contribution in [1.29, 1.82) is 0 Å². The van der Waals surface area contributed by atoms with Gasteiger partial charge >= 0.3 is 5.97 Å². The van der Waals surface area contributed by atoms with Gasteiger partial charge in [0, 0.05) is 30.0 Å². The third kappa shape index (κ3) is 4.50. The second kappa shape index (κ2) is 6.99. The number of nitro groups is 1. The molecule has 0 saturated carbocycles. The van der Waals surface area contributed by atoms with E-state index in [-0.39, 0.29) is 5.69 Å². The standard InChI is InChI=1S/C16H12N2O5/c19-15(9-10-16(20)21)17-13-5-1-11(2-6-13)12-3-7-14(8-4-12)18(22)23/h1-10H,(H,17,19)(H,20,21)/b10-9+. The van der Waals surface area contributed by atoms with Crippen molar-refractivity contribution in [2.45, 2.75) is 0 Å². The lowest BCUT2D eigenvalue weighted by Gasteiger charge is -2.05. The normalized spacial score (nSPS) is 10.4. The maximum Gasteiger partial charge on any atom is 0.328 e. The minimum absolute atomic E-state index is 0.0165. The van der Waals surface area contributed by atoms with Gasteiger partial charge in [-0.2, -0.15) is 0 Å². The molecule has 2 rings (SSSR count). The number of carbonyl (C=O) groups is 2. The number of hydrogen-bond donors (Lipinski definition) is 2. The van der Waals surface area contributed by atoms with Crippen LogP contribution >= 0.6 is 0 Å². The summed E-state index contributed by atoms with van der Waals surface area (Å²) in [7, 11) is 0. The fourth-order valence-electron chi connectivity index (χ4n) is 1.85. The van der Waals surface area contributed by atoms with Crippen LogP contribution in [-0.4, -0.2) is 21.9 Å². The number of rotatable bonds is 5. The van der Waals surface area contributed by atoms with E-state index in [1.807, 2.05) is 0 Å². The molecule has 23 heavy (non-hydrogen) atoms. The number of non-ortho nitro benzene ring substituents is 1. The molecule has 2 aromatic carbocycles. The first-order valence-corrected chi connectivity index (χ1v) is 6.52. The van der Waals surface area contributed by atoms with E-state index in [9.17, 15) is 19.7 Å². The van der Waals surface area contributed by atoms with Gasteiger partial charge in [0.15, 0.2) is 0 Å². The third-order valence-electron chi connectivity index (χ3n) is 2.94. The minimum Gasteiger partial charge on any atom is -0.478 e. The summed E-state index contributed by atoms with van der Waals surface area (Å²) in [5, 5.41) is 21.6. The molecule has 7 heteroatoms. The van der Waals surface area contributed by atoms with E-state index in [0.717, 1.165) is 23.3 Å². The van der Waals surface area contributed by atoms with Crippen molar-refractivity contribution in [3.05, 3.63) is 70.8 Å². The molecule has 2 N–H and O–H groups in total. The van der Waals surface area contributed by atoms with E-state index >= 15 is 0 Å². The zero-order valence-electron chi connectivity index (χ0n) is 11.8. The van der Waals surface area contributed by atoms with Gasteiger partial charge in [0.25, 0.3) is 5.69 Å². The van der Waals surface area contributed by atoms with Crippen LogP contribution in [0.4, 0.5) is 11.4 Å². The van der Waals surface area contributed by atoms with Gasteiger partial charge in [-0.1, -0.05) is 12.1 Å². The lowest BCUT2D eigenvalue weighted by molar-refractivity contribution is -0.384. The molecule has 0 heterocycles. The number of carboxylic acids is 1. The maximum atomic E-state index is 11.4. The van der Waals surface area contributed by atoms with Gasteiger partial charge in [0.05, 0.1) is 4.92 Å². The van der Waals surface area contributed by atoms with E-state index in [1.165, 1.54) is 12.1 Å². The molecule has 0 atom stereocenters. The molecule has 7 nitrogen and oxygen atoms in total. The zero-order valence-corrected chi connectivity index (χ0v) is 11.8. The predicted octanol–water partition coefficient (Wildman–Crippen LogP) is 2.84. The number of nitro benzene ring substituents is 1. The fourth-order valence-corrected chi connectivity index (χ4v) is 1.85. The smallest absolute Gasteiger partial charge is 0.328 e. The van der Waals surface area contributed by atoms with Crippen molar-refractivity contribution in [2.75, 3.05) is 5.32 Å². The van der Waals surface area contributed by atoms with Crippen LogP contribution in [0.2, 0.25) is 0 Å². The summed E-state index contributed by atoms with van der Waals surface area (Å²) >= 11 is 0. The molecular formula is C16H12N2O5. The van der Waals surface area contributed by atoms with E-state index in [4.69, 9.17) is 5.11 Å². The molecule has 0 fully saturated rings. The van der Waals surface area contributed by atoms with Crippen molar-refractivity contribution in [3.8, 4) is 11.1 Å². The van der Waals surface area contributed by atoms with E-state index in [2.05, 4.69) is 5.32 Å². The lowest BCUT2D eigenvalue weighted by Crippen LogP contribution is -2.08. The topological polar surface area (TPSA) is 110 Å². The zero-order chi connectivity index (χ0) is 16.8. The van der Waals surface area contributed by atoms with Crippen LogP contribution in [0.1, 0.15) is 0 Å². The summed E-state index contributed by atoms with van der Waals surface area (Å²) in [5.74, 6) is -1.75. The van der Waals surface area contributed by atoms with Gasteiger partial charge in [-0.25, -0.2) is 4.79 Å². The van der Waals surface area contributed by atoms with Gasteiger partial charge in [-0.3, -0.25) is 14.9 Å². The summed E-state index contributed by atoms with van der Waals surface area (Å²) in [6.45, 7) is 0. The van der Waals surface area contributed by atoms with Crippen LogP contribution < -0.4 is 5.32 Å². The second-order valence-corrected chi connectivity index (χ2v) is 4.54. The first-order valence-electron chi connectivity index (χ1n) is 6.52. The highest BCUT2D eigenvalue weighted by Gasteiger charge is 2.05. The molecular weight excluding hydrogens is 300 g/mol. The monoisotopic (exact) mass is 312 g/mol. The number of carboxylic acid groups (broad SMARTS) is 1. The summed E-state index contributed by atoms with van der Waals surface area (Å²) < 4.78 is 0. The van der Waals surface area contributed by atoms with Crippen LogP contribution in [0.15, 0.2) is 60.7 Å². The summed E-state index contributed by atoms with van der Waals surface area (Å²) in [5.41, 5.74) is 2.16. The van der Waals surface area contributed by atoms with Crippen LogP contribution in [-0.2, 0) is 9.59 Å². The van der Waals surface area contributed by atoms with Crippen LogP contribution in [0, 0.1) is 10.1 Å². The highest BCUT2D eigenvalue weighted by molar-refractivity contribution is 6.02. The van der Waals surface area contributed by atoms with Crippen LogP contribution in [0.25, 0.3) is 11.1 Å². The Labute approximate surface area is 131 Å². The molecule has 0 aliphatic rings. The Balaban J connectivity index is 2.08. The predicted molar refractivity (Wildman–Crippen MR) is 83.9 cm³/mol. The van der Waals surface area contributed by atoms with Crippen molar-refractivity contribution in [3.63, 3.8) is 0 Å². The third-order valence-corrected chi connectivity index (χ3v) is 2.94. The number of carbonyl (C=O) groups excluding carboxylic acids is 1. The molecule has 0 aromatic heterocycles. The molecule has 0 spiro atoms. The van der Waals surface area contributed by atoms with E-state index in [0.29, 0.717) is 5.69 Å². The van der Waals surface area contributed by atoms with Gasteiger partial charge < -0.3 is 10.4 Å². The average Bonchev–Trinajstić information content (AvgIpc) is 2.54. The molecule has 2 aromatic rings. The Bertz CT molecular complexity index is 764. The first-order chi connectivity index (χ1) is 11.0. The van der Waals surface area contributed by atoms with Crippen LogP contribution in [0.3, 0.4) is 0 Å². The molecule has 1 amide bonds. The highest BCUT2D eigenvalue weighted by atomic mass is 16.6. The minimum atomic E-state index is -1.20. The molecule has 0 aliphatic heterocycles. The first kappa shape index (κ1) is 15.9. The number of benzene rings is 2. The Hall–Kier alpha value is -3.48. The Kier molecular flexibility index (Phi) is 4.83. The van der Waals surface area contributed by atoms with Crippen LogP contribution in [0.5, 0.6) is 0 Å². The van der Waals surface area contributed by atoms with Gasteiger partial charge in [0.1, 0.15) is 0 Å². The van der Waals surface area contributed by atoms with Crippen molar-refractivity contribution >= 4 is 23.3 Å². The molecule has 0 saturated heterocycles. The average molecular weight is 312 g/mol. The number of nitrogens with one attached hydrogen (secondary N) is 1. The fraction of sp³-hybridized carbons (Fsp3) is 0. The number of amides is 1. The number of aliphatic carboxylic acids is 1. The van der Waals surface area contributed by atoms with Crippen molar-refractivity contribution in [2.24, 2.45) is 0 Å². The van der Waals surface area contributed by atoms with E-state index in [1.54, 1.807) is 36.4 Å². The SMILES string of the molecule is O=C(O)/C=C/C(=O)Nc1ccc(-c2ccc([N+](=O)[O-])cc2)cc1. The summed E-state index contributed by atoms with van der Waals surface area (Å²) in [6.07, 6.45) is 1.67. The highest BCUT2D eigenvalue weighted by Crippen LogP contribution is 2.23. The number of hydrogen-bond acceptors (Lipinski definition) is 4. The molecule has 0 unspecified atom stereocenters. The summed E-state index contributed by atoms with van der Waals surface area (Å²) in [4.78, 5) is 31.9. The summed E-state index contributed by atoms with van der Waals surface area (Å²) in [6, 6.07) is 12.9. The van der Waals surface area contributed by atoms with Crippen molar-refractivity contribution in [1.82, 2.24) is 0 Å². The second-order valence-electron chi connectivity index (χ2n) is 4.54. The molecule has 0 bridgehead atoms.